The van der Waals surface area contributed by atoms with E-state index in [1.807, 2.05) is 0 Å². The minimum absolute atomic E-state index is 0.0113. The van der Waals surface area contributed by atoms with Gasteiger partial charge < -0.3 is 5.73 Å². The summed E-state index contributed by atoms with van der Waals surface area (Å²) in [6.45, 7) is 6.69. The number of rotatable bonds is 2. The van der Waals surface area contributed by atoms with Crippen LogP contribution in [0.1, 0.15) is 10.4 Å². The first-order chi connectivity index (χ1) is 5.77. The summed E-state index contributed by atoms with van der Waals surface area (Å²) in [6, 6.07) is 6.44. The molecule has 0 spiro atoms. The van der Waals surface area contributed by atoms with Crippen LogP contribution in [0.3, 0.4) is 0 Å². The third-order valence-electron chi connectivity index (χ3n) is 1.50. The van der Waals surface area contributed by atoms with Gasteiger partial charge in [0.25, 0.3) is 0 Å². The van der Waals surface area contributed by atoms with Gasteiger partial charge in [-0.2, -0.15) is 0 Å². The molecule has 0 saturated carbocycles. The normalized spacial score (nSPS) is 9.00. The average Bonchev–Trinajstić information content (AvgIpc) is 2.17. The number of Topliss-reactive ketones (excluding diaryl/α,β-unsaturated/α-hetero) is 1. The number of hydrogen-bond donors (Lipinski definition) is 1. The fourth-order valence-corrected chi connectivity index (χ4v) is 0.840. The van der Waals surface area contributed by atoms with Crippen molar-refractivity contribution in [1.82, 2.24) is 0 Å². The third kappa shape index (κ3) is 1.68. The zero-order chi connectivity index (χ0) is 8.97. The van der Waals surface area contributed by atoms with Crippen molar-refractivity contribution in [1.29, 1.82) is 0 Å². The van der Waals surface area contributed by atoms with Gasteiger partial charge in [0.1, 0.15) is 0 Å². The maximum Gasteiger partial charge on any atom is 0.187 e. The van der Waals surface area contributed by atoms with Crippen LogP contribution in [0.25, 0.3) is 4.85 Å². The maximum absolute atomic E-state index is 11.0. The Morgan fingerprint density at radius 2 is 2.00 bits per heavy atom. The fraction of sp³-hybridized carbons (Fsp3) is 0.111. The number of benzene rings is 1. The third-order valence-corrected chi connectivity index (χ3v) is 1.50. The summed E-state index contributed by atoms with van der Waals surface area (Å²) in [4.78, 5) is 14.2. The van der Waals surface area contributed by atoms with E-state index in [2.05, 4.69) is 4.85 Å². The topological polar surface area (TPSA) is 47.5 Å². The van der Waals surface area contributed by atoms with E-state index in [0.29, 0.717) is 11.3 Å². The van der Waals surface area contributed by atoms with Crippen LogP contribution in [0.15, 0.2) is 24.3 Å². The van der Waals surface area contributed by atoms with Gasteiger partial charge in [-0.3, -0.25) is 4.79 Å². The van der Waals surface area contributed by atoms with Crippen LogP contribution in [0.2, 0.25) is 0 Å². The smallest absolute Gasteiger partial charge is 0.187 e. The molecule has 0 aromatic heterocycles. The number of carbonyl (C=O) groups is 1. The molecule has 0 fully saturated rings. The second-order valence-corrected chi connectivity index (χ2v) is 2.29. The van der Waals surface area contributed by atoms with E-state index in [0.717, 1.165) is 0 Å². The Bertz CT molecular complexity index is 321. The molecule has 1 rings (SSSR count). The first-order valence-corrected chi connectivity index (χ1v) is 3.48. The summed E-state index contributed by atoms with van der Waals surface area (Å²) in [5.74, 6) is -0.105. The summed E-state index contributed by atoms with van der Waals surface area (Å²) >= 11 is 0. The molecule has 2 N–H and O–H groups in total. The van der Waals surface area contributed by atoms with Crippen LogP contribution < -0.4 is 5.73 Å². The molecule has 0 bridgehead atoms. The quantitative estimate of drug-likeness (QED) is 0.524. The molecule has 0 aliphatic carbocycles. The van der Waals surface area contributed by atoms with Crippen molar-refractivity contribution in [2.45, 2.75) is 0 Å². The van der Waals surface area contributed by atoms with Crippen molar-refractivity contribution < 1.29 is 4.79 Å². The molecule has 1 aromatic rings. The molecule has 3 heteroatoms. The fourth-order valence-electron chi connectivity index (χ4n) is 0.840. The summed E-state index contributed by atoms with van der Waals surface area (Å²) in [5, 5.41) is 0. The number of hydrogen-bond acceptors (Lipinski definition) is 2. The first kappa shape index (κ1) is 8.44. The monoisotopic (exact) mass is 160 g/mol. The number of nitrogens with two attached hydrogens (primary N) is 1. The SMILES string of the molecule is [C-]#[N+]c1ccc(C(=O)CN)cc1. The summed E-state index contributed by atoms with van der Waals surface area (Å²) < 4.78 is 0. The Morgan fingerprint density at radius 3 is 2.42 bits per heavy atom. The van der Waals surface area contributed by atoms with Crippen LogP contribution >= 0.6 is 0 Å². The Labute approximate surface area is 70.6 Å². The molecule has 12 heavy (non-hydrogen) atoms. The highest BCUT2D eigenvalue weighted by Gasteiger charge is 2.01. The molecule has 0 atom stereocenters. The van der Waals surface area contributed by atoms with Crippen LogP contribution in [-0.4, -0.2) is 12.3 Å². The molecule has 0 heterocycles. The Morgan fingerprint density at radius 1 is 1.42 bits per heavy atom. The van der Waals surface area contributed by atoms with E-state index in [4.69, 9.17) is 12.3 Å². The lowest BCUT2D eigenvalue weighted by molar-refractivity contribution is 0.100. The molecule has 0 aliphatic heterocycles. The molecule has 0 radical (unpaired) electrons. The first-order valence-electron chi connectivity index (χ1n) is 3.48. The second kappa shape index (κ2) is 3.65. The molecule has 0 amide bonds. The zero-order valence-corrected chi connectivity index (χ0v) is 6.45. The van der Waals surface area contributed by atoms with Gasteiger partial charge in [-0.25, -0.2) is 4.85 Å². The van der Waals surface area contributed by atoms with Gasteiger partial charge >= 0.3 is 0 Å². The van der Waals surface area contributed by atoms with Crippen molar-refractivity contribution in [3.05, 3.63) is 41.2 Å². The van der Waals surface area contributed by atoms with Gasteiger partial charge in [0.05, 0.1) is 13.1 Å². The zero-order valence-electron chi connectivity index (χ0n) is 6.45. The molecule has 0 aliphatic rings. The van der Waals surface area contributed by atoms with Crippen LogP contribution in [0.5, 0.6) is 0 Å². The number of nitrogens with zero attached hydrogens (tertiary/aromatic N) is 1. The summed E-state index contributed by atoms with van der Waals surface area (Å²) in [5.41, 5.74) is 6.26. The average molecular weight is 160 g/mol. The molecule has 0 unspecified atom stereocenters. The van der Waals surface area contributed by atoms with Crippen molar-refractivity contribution in [3.63, 3.8) is 0 Å². The van der Waals surface area contributed by atoms with E-state index in [1.54, 1.807) is 24.3 Å². The summed E-state index contributed by atoms with van der Waals surface area (Å²) in [7, 11) is 0. The van der Waals surface area contributed by atoms with E-state index >= 15 is 0 Å². The van der Waals surface area contributed by atoms with Crippen molar-refractivity contribution in [2.24, 2.45) is 5.73 Å². The molecule has 1 aromatic carbocycles. The van der Waals surface area contributed by atoms with E-state index in [1.165, 1.54) is 0 Å². The highest BCUT2D eigenvalue weighted by atomic mass is 16.1. The Balaban J connectivity index is 2.94. The second-order valence-electron chi connectivity index (χ2n) is 2.29. The van der Waals surface area contributed by atoms with Gasteiger partial charge in [-0.05, 0) is 0 Å². The van der Waals surface area contributed by atoms with Crippen molar-refractivity contribution >= 4 is 11.5 Å². The van der Waals surface area contributed by atoms with E-state index in [9.17, 15) is 4.79 Å². The van der Waals surface area contributed by atoms with Crippen LogP contribution in [-0.2, 0) is 0 Å². The maximum atomic E-state index is 11.0. The van der Waals surface area contributed by atoms with Gasteiger partial charge in [0.2, 0.25) is 0 Å². The Kier molecular flexibility index (Phi) is 2.57. The highest BCUT2D eigenvalue weighted by Crippen LogP contribution is 2.12. The van der Waals surface area contributed by atoms with Crippen LogP contribution in [0.4, 0.5) is 5.69 Å². The lowest BCUT2D eigenvalue weighted by atomic mass is 10.1. The lowest BCUT2D eigenvalue weighted by Gasteiger charge is -1.96. The largest absolute Gasteiger partial charge is 0.324 e. The van der Waals surface area contributed by atoms with Crippen molar-refractivity contribution in [2.75, 3.05) is 6.54 Å². The molecule has 3 nitrogen and oxygen atoms in total. The minimum atomic E-state index is -0.105. The lowest BCUT2D eigenvalue weighted by Crippen LogP contribution is -2.13. The van der Waals surface area contributed by atoms with Gasteiger partial charge in [0.15, 0.2) is 11.5 Å². The predicted octanol–water partition coefficient (Wildman–Crippen LogP) is 1.38. The molecule has 60 valence electrons. The Hall–Kier alpha value is -1.66. The van der Waals surface area contributed by atoms with Gasteiger partial charge in [-0.1, -0.05) is 24.3 Å². The van der Waals surface area contributed by atoms with Gasteiger partial charge in [0, 0.05) is 5.56 Å². The van der Waals surface area contributed by atoms with E-state index in [-0.39, 0.29) is 12.3 Å². The van der Waals surface area contributed by atoms with E-state index < -0.39 is 0 Å². The summed E-state index contributed by atoms with van der Waals surface area (Å²) in [6.07, 6.45) is 0. The molecule has 0 saturated heterocycles. The van der Waals surface area contributed by atoms with Gasteiger partial charge in [-0.15, -0.1) is 0 Å². The predicted molar refractivity (Wildman–Crippen MR) is 46.1 cm³/mol. The van der Waals surface area contributed by atoms with Crippen molar-refractivity contribution in [3.8, 4) is 0 Å². The highest BCUT2D eigenvalue weighted by molar-refractivity contribution is 5.97. The molecular formula is C9H8N2O. The standard InChI is InChI=1S/C9H8N2O/c1-11-8-4-2-7(3-5-8)9(12)6-10/h2-5H,6,10H2. The van der Waals surface area contributed by atoms with Crippen LogP contribution in [0, 0.1) is 6.57 Å². The number of carbonyl (C=O) groups excluding carboxylic acids is 1. The molecular weight excluding hydrogens is 152 g/mol. The number of ketones is 1. The minimum Gasteiger partial charge on any atom is -0.324 e.